The Bertz CT molecular complexity index is 619. The largest absolute Gasteiger partial charge is 0.477 e. The van der Waals surface area contributed by atoms with Crippen molar-refractivity contribution in [1.82, 2.24) is 4.98 Å². The van der Waals surface area contributed by atoms with Crippen LogP contribution in [0, 0.1) is 5.82 Å². The van der Waals surface area contributed by atoms with E-state index in [0.29, 0.717) is 17.9 Å². The van der Waals surface area contributed by atoms with Crippen LogP contribution in [0.4, 0.5) is 10.1 Å². The standard InChI is InChI=1S/C13H10ClFN2O2/c14-10-6-8(4-5-11(10)15)16-7-9-2-1-3-12(17-9)13(18)19/h1-6,16H,7H2,(H,18,19). The fraction of sp³-hybridized carbons (Fsp3) is 0.0769. The molecule has 1 aromatic heterocycles. The molecule has 0 fully saturated rings. The van der Waals surface area contributed by atoms with Crippen LogP contribution in [0.5, 0.6) is 0 Å². The maximum Gasteiger partial charge on any atom is 0.354 e. The van der Waals surface area contributed by atoms with Gasteiger partial charge in [-0.2, -0.15) is 0 Å². The van der Waals surface area contributed by atoms with Crippen LogP contribution in [0.1, 0.15) is 16.2 Å². The number of pyridine rings is 1. The maximum absolute atomic E-state index is 13.0. The Hall–Kier alpha value is -2.14. The van der Waals surface area contributed by atoms with Gasteiger partial charge in [-0.25, -0.2) is 14.2 Å². The van der Waals surface area contributed by atoms with Crippen molar-refractivity contribution in [3.63, 3.8) is 0 Å². The molecule has 0 saturated carbocycles. The van der Waals surface area contributed by atoms with Crippen molar-refractivity contribution in [2.24, 2.45) is 0 Å². The van der Waals surface area contributed by atoms with Gasteiger partial charge in [0.25, 0.3) is 0 Å². The molecule has 0 aliphatic rings. The van der Waals surface area contributed by atoms with E-state index in [2.05, 4.69) is 10.3 Å². The second-order valence-corrected chi connectivity index (χ2v) is 4.21. The predicted octanol–water partition coefficient (Wildman–Crippen LogP) is 3.18. The highest BCUT2D eigenvalue weighted by atomic mass is 35.5. The van der Waals surface area contributed by atoms with Crippen LogP contribution >= 0.6 is 11.6 Å². The van der Waals surface area contributed by atoms with E-state index in [1.807, 2.05) is 0 Å². The number of carboxylic acids is 1. The number of aromatic nitrogens is 1. The van der Waals surface area contributed by atoms with Gasteiger partial charge in [-0.1, -0.05) is 17.7 Å². The predicted molar refractivity (Wildman–Crippen MR) is 69.9 cm³/mol. The molecule has 0 amide bonds. The number of aromatic carboxylic acids is 1. The minimum Gasteiger partial charge on any atom is -0.477 e. The highest BCUT2D eigenvalue weighted by Crippen LogP contribution is 2.19. The smallest absolute Gasteiger partial charge is 0.354 e. The highest BCUT2D eigenvalue weighted by molar-refractivity contribution is 6.31. The summed E-state index contributed by atoms with van der Waals surface area (Å²) in [7, 11) is 0. The molecule has 2 N–H and O–H groups in total. The lowest BCUT2D eigenvalue weighted by Gasteiger charge is -2.07. The van der Waals surface area contributed by atoms with Gasteiger partial charge in [0, 0.05) is 5.69 Å². The van der Waals surface area contributed by atoms with Gasteiger partial charge in [0.05, 0.1) is 17.3 Å². The number of nitrogens with one attached hydrogen (secondary N) is 1. The molecule has 0 unspecified atom stereocenters. The van der Waals surface area contributed by atoms with Gasteiger partial charge < -0.3 is 10.4 Å². The van der Waals surface area contributed by atoms with E-state index in [1.165, 1.54) is 18.2 Å². The highest BCUT2D eigenvalue weighted by Gasteiger charge is 2.05. The normalized spacial score (nSPS) is 10.2. The van der Waals surface area contributed by atoms with Crippen LogP contribution in [0.15, 0.2) is 36.4 Å². The molecular weight excluding hydrogens is 271 g/mol. The monoisotopic (exact) mass is 280 g/mol. The van der Waals surface area contributed by atoms with Crippen LogP contribution in [0.2, 0.25) is 5.02 Å². The second-order valence-electron chi connectivity index (χ2n) is 3.80. The van der Waals surface area contributed by atoms with Gasteiger partial charge in [-0.3, -0.25) is 0 Å². The van der Waals surface area contributed by atoms with Crippen LogP contribution in [0.25, 0.3) is 0 Å². The van der Waals surface area contributed by atoms with E-state index < -0.39 is 11.8 Å². The van der Waals surface area contributed by atoms with Gasteiger partial charge in [-0.05, 0) is 30.3 Å². The van der Waals surface area contributed by atoms with E-state index in [4.69, 9.17) is 16.7 Å². The fourth-order valence-corrected chi connectivity index (χ4v) is 1.68. The number of anilines is 1. The Morgan fingerprint density at radius 1 is 1.37 bits per heavy atom. The molecule has 0 bridgehead atoms. The Balaban J connectivity index is 2.07. The van der Waals surface area contributed by atoms with Crippen molar-refractivity contribution in [3.8, 4) is 0 Å². The third kappa shape index (κ3) is 3.42. The Kier molecular flexibility index (Phi) is 3.97. The van der Waals surface area contributed by atoms with Crippen molar-refractivity contribution < 1.29 is 14.3 Å². The third-order valence-electron chi connectivity index (χ3n) is 2.42. The third-order valence-corrected chi connectivity index (χ3v) is 2.71. The van der Waals surface area contributed by atoms with Crippen LogP contribution in [-0.2, 0) is 6.54 Å². The zero-order valence-corrected chi connectivity index (χ0v) is 10.5. The zero-order chi connectivity index (χ0) is 13.8. The second kappa shape index (κ2) is 5.67. The van der Waals surface area contributed by atoms with Crippen molar-refractivity contribution >= 4 is 23.3 Å². The molecular formula is C13H10ClFN2O2. The molecule has 0 atom stereocenters. The zero-order valence-electron chi connectivity index (χ0n) is 9.73. The number of hydrogen-bond acceptors (Lipinski definition) is 3. The molecule has 1 aromatic carbocycles. The average molecular weight is 281 g/mol. The first-order valence-electron chi connectivity index (χ1n) is 5.44. The summed E-state index contributed by atoms with van der Waals surface area (Å²) < 4.78 is 13.0. The van der Waals surface area contributed by atoms with Crippen molar-refractivity contribution in [2.45, 2.75) is 6.54 Å². The molecule has 0 aliphatic heterocycles. The summed E-state index contributed by atoms with van der Waals surface area (Å²) in [6.07, 6.45) is 0. The van der Waals surface area contributed by atoms with Crippen molar-refractivity contribution in [3.05, 3.63) is 58.6 Å². The number of carboxylic acid groups (broad SMARTS) is 1. The molecule has 0 radical (unpaired) electrons. The Morgan fingerprint density at radius 3 is 2.84 bits per heavy atom. The molecule has 2 rings (SSSR count). The average Bonchev–Trinajstić information content (AvgIpc) is 2.40. The van der Waals surface area contributed by atoms with Gasteiger partial charge >= 0.3 is 5.97 Å². The quantitative estimate of drug-likeness (QED) is 0.903. The van der Waals surface area contributed by atoms with E-state index in [-0.39, 0.29) is 10.7 Å². The van der Waals surface area contributed by atoms with Crippen molar-refractivity contribution in [2.75, 3.05) is 5.32 Å². The fourth-order valence-electron chi connectivity index (χ4n) is 1.50. The van der Waals surface area contributed by atoms with Gasteiger partial charge in [-0.15, -0.1) is 0 Å². The number of rotatable bonds is 4. The molecule has 2 aromatic rings. The van der Waals surface area contributed by atoms with Crippen LogP contribution < -0.4 is 5.32 Å². The molecule has 98 valence electrons. The number of nitrogens with zero attached hydrogens (tertiary/aromatic N) is 1. The summed E-state index contributed by atoms with van der Waals surface area (Å²) in [5, 5.41) is 11.8. The van der Waals surface area contributed by atoms with Gasteiger partial charge in [0.2, 0.25) is 0 Å². The van der Waals surface area contributed by atoms with E-state index in [0.717, 1.165) is 0 Å². The summed E-state index contributed by atoms with van der Waals surface area (Å²) in [4.78, 5) is 14.7. The Morgan fingerprint density at radius 2 is 2.16 bits per heavy atom. The molecule has 6 heteroatoms. The molecule has 0 spiro atoms. The lowest BCUT2D eigenvalue weighted by Crippen LogP contribution is -2.06. The van der Waals surface area contributed by atoms with Crippen LogP contribution in [-0.4, -0.2) is 16.1 Å². The number of benzene rings is 1. The van der Waals surface area contributed by atoms with E-state index >= 15 is 0 Å². The van der Waals surface area contributed by atoms with Gasteiger partial charge in [0.15, 0.2) is 0 Å². The first-order chi connectivity index (χ1) is 9.06. The lowest BCUT2D eigenvalue weighted by atomic mass is 10.2. The summed E-state index contributed by atoms with van der Waals surface area (Å²) in [5.41, 5.74) is 1.19. The van der Waals surface area contributed by atoms with E-state index in [9.17, 15) is 9.18 Å². The summed E-state index contributed by atoms with van der Waals surface area (Å²) in [5.74, 6) is -1.56. The SMILES string of the molecule is O=C(O)c1cccc(CNc2ccc(F)c(Cl)c2)n1. The van der Waals surface area contributed by atoms with Crippen molar-refractivity contribution in [1.29, 1.82) is 0 Å². The number of hydrogen-bond donors (Lipinski definition) is 2. The minimum atomic E-state index is -1.08. The minimum absolute atomic E-state index is 0.0172. The van der Waals surface area contributed by atoms with Crippen LogP contribution in [0.3, 0.4) is 0 Å². The summed E-state index contributed by atoms with van der Waals surface area (Å²) in [6, 6.07) is 8.99. The Labute approximate surface area is 113 Å². The van der Waals surface area contributed by atoms with Gasteiger partial charge in [0.1, 0.15) is 11.5 Å². The number of halogens is 2. The summed E-state index contributed by atoms with van der Waals surface area (Å²) >= 11 is 5.65. The first-order valence-corrected chi connectivity index (χ1v) is 5.82. The molecule has 19 heavy (non-hydrogen) atoms. The lowest BCUT2D eigenvalue weighted by molar-refractivity contribution is 0.0690. The maximum atomic E-state index is 13.0. The van der Waals surface area contributed by atoms with E-state index in [1.54, 1.807) is 18.2 Å². The first kappa shape index (κ1) is 13.3. The molecule has 0 aliphatic carbocycles. The molecule has 1 heterocycles. The molecule has 0 saturated heterocycles. The molecule has 4 nitrogen and oxygen atoms in total. The summed E-state index contributed by atoms with van der Waals surface area (Å²) in [6.45, 7) is 0.323. The number of carbonyl (C=O) groups is 1. The topological polar surface area (TPSA) is 62.2 Å².